The number of hydrogen-bond donors (Lipinski definition) is 1. The van der Waals surface area contributed by atoms with E-state index in [1.165, 1.54) is 5.56 Å². The van der Waals surface area contributed by atoms with Gasteiger partial charge in [-0.1, -0.05) is 36.4 Å². The van der Waals surface area contributed by atoms with Gasteiger partial charge in [0.05, 0.1) is 18.5 Å². The number of aliphatic imine (C=N–C) groups is 1. The van der Waals surface area contributed by atoms with Crippen molar-refractivity contribution in [3.8, 4) is 11.4 Å². The lowest BCUT2D eigenvalue weighted by atomic mass is 9.93. The number of guanidine groups is 1. The van der Waals surface area contributed by atoms with Crippen molar-refractivity contribution in [2.24, 2.45) is 4.99 Å². The lowest BCUT2D eigenvalue weighted by Gasteiger charge is -2.28. The Bertz CT molecular complexity index is 972. The van der Waals surface area contributed by atoms with Crippen LogP contribution in [-0.2, 0) is 6.54 Å². The van der Waals surface area contributed by atoms with Gasteiger partial charge < -0.3 is 15.0 Å². The molecule has 3 aromatic rings. The van der Waals surface area contributed by atoms with Crippen molar-refractivity contribution in [2.45, 2.75) is 18.9 Å². The highest BCUT2D eigenvalue weighted by Gasteiger charge is 2.21. The fourth-order valence-electron chi connectivity index (χ4n) is 3.74. The Labute approximate surface area is 195 Å². The summed E-state index contributed by atoms with van der Waals surface area (Å²) in [4.78, 5) is 6.59. The predicted octanol–water partition coefficient (Wildman–Crippen LogP) is 4.06. The molecule has 30 heavy (non-hydrogen) atoms. The number of fused-ring (bicyclic) bond motifs is 1. The summed E-state index contributed by atoms with van der Waals surface area (Å²) >= 11 is 0. The van der Waals surface area contributed by atoms with Crippen molar-refractivity contribution in [1.82, 2.24) is 20.0 Å². The number of para-hydroxylation sites is 2. The second-order valence-corrected chi connectivity index (χ2v) is 7.28. The van der Waals surface area contributed by atoms with Crippen LogP contribution in [0.25, 0.3) is 5.69 Å². The molecule has 0 saturated heterocycles. The van der Waals surface area contributed by atoms with Gasteiger partial charge in [-0.3, -0.25) is 4.99 Å². The number of hydrogen-bond acceptors (Lipinski definition) is 3. The Hall–Kier alpha value is -2.55. The normalized spacial score (nSPS) is 15.5. The standard InChI is InChI=1S/C23H27N5O.HI/c1-24-23(25-15-19-12-13-29-22-11-7-6-10-21(19)22)27(2)16-18-14-26-28(17-18)20-8-4-3-5-9-20;/h3-11,14,17,19H,12-13,15-16H2,1-2H3,(H,24,25);1H. The summed E-state index contributed by atoms with van der Waals surface area (Å²) in [5, 5.41) is 8.02. The minimum Gasteiger partial charge on any atom is -0.493 e. The van der Waals surface area contributed by atoms with Crippen molar-refractivity contribution in [2.75, 3.05) is 27.2 Å². The zero-order chi connectivity index (χ0) is 20.1. The second kappa shape index (κ2) is 10.5. The molecule has 0 radical (unpaired) electrons. The Morgan fingerprint density at radius 2 is 1.97 bits per heavy atom. The van der Waals surface area contributed by atoms with Crippen LogP contribution in [-0.4, -0.2) is 47.9 Å². The van der Waals surface area contributed by atoms with Gasteiger partial charge >= 0.3 is 0 Å². The average Bonchev–Trinajstić information content (AvgIpc) is 3.23. The topological polar surface area (TPSA) is 54.7 Å². The maximum Gasteiger partial charge on any atom is 0.193 e. The summed E-state index contributed by atoms with van der Waals surface area (Å²) in [5.74, 6) is 2.30. The molecular weight excluding hydrogens is 489 g/mol. The zero-order valence-electron chi connectivity index (χ0n) is 17.4. The monoisotopic (exact) mass is 517 g/mol. The molecular formula is C23H28IN5O. The van der Waals surface area contributed by atoms with Gasteiger partial charge in [-0.05, 0) is 30.2 Å². The van der Waals surface area contributed by atoms with Gasteiger partial charge in [0.1, 0.15) is 5.75 Å². The minimum absolute atomic E-state index is 0. The summed E-state index contributed by atoms with van der Waals surface area (Å²) < 4.78 is 7.68. The van der Waals surface area contributed by atoms with Crippen LogP contribution in [0, 0.1) is 0 Å². The van der Waals surface area contributed by atoms with E-state index in [-0.39, 0.29) is 24.0 Å². The molecule has 158 valence electrons. The molecule has 1 atom stereocenters. The maximum absolute atomic E-state index is 5.77. The molecule has 0 bridgehead atoms. The highest BCUT2D eigenvalue weighted by molar-refractivity contribution is 14.0. The fourth-order valence-corrected chi connectivity index (χ4v) is 3.74. The van der Waals surface area contributed by atoms with E-state index in [9.17, 15) is 0 Å². The molecule has 0 saturated carbocycles. The van der Waals surface area contributed by atoms with Gasteiger partial charge in [0.2, 0.25) is 0 Å². The van der Waals surface area contributed by atoms with E-state index >= 15 is 0 Å². The summed E-state index contributed by atoms with van der Waals surface area (Å²) in [6.07, 6.45) is 4.98. The number of nitrogens with one attached hydrogen (secondary N) is 1. The van der Waals surface area contributed by atoms with Crippen molar-refractivity contribution in [3.63, 3.8) is 0 Å². The molecule has 1 N–H and O–H groups in total. The van der Waals surface area contributed by atoms with Crippen LogP contribution in [0.2, 0.25) is 0 Å². The van der Waals surface area contributed by atoms with Crippen LogP contribution in [0.3, 0.4) is 0 Å². The molecule has 1 aliphatic heterocycles. The van der Waals surface area contributed by atoms with Crippen molar-refractivity contribution in [3.05, 3.63) is 78.1 Å². The van der Waals surface area contributed by atoms with Crippen molar-refractivity contribution in [1.29, 1.82) is 0 Å². The molecule has 2 aromatic carbocycles. The Morgan fingerprint density at radius 3 is 2.77 bits per heavy atom. The summed E-state index contributed by atoms with van der Waals surface area (Å²) in [6, 6.07) is 18.4. The van der Waals surface area contributed by atoms with Gasteiger partial charge in [0.15, 0.2) is 5.96 Å². The van der Waals surface area contributed by atoms with Gasteiger partial charge in [-0.2, -0.15) is 5.10 Å². The number of rotatable bonds is 5. The van der Waals surface area contributed by atoms with Crippen LogP contribution < -0.4 is 10.1 Å². The van der Waals surface area contributed by atoms with Gasteiger partial charge in [0.25, 0.3) is 0 Å². The Kier molecular flexibility index (Phi) is 7.73. The van der Waals surface area contributed by atoms with E-state index in [1.807, 2.05) is 67.4 Å². The quantitative estimate of drug-likeness (QED) is 0.315. The second-order valence-electron chi connectivity index (χ2n) is 7.28. The zero-order valence-corrected chi connectivity index (χ0v) is 19.7. The van der Waals surface area contributed by atoms with Gasteiger partial charge in [-0.25, -0.2) is 4.68 Å². The molecule has 1 unspecified atom stereocenters. The minimum atomic E-state index is 0. The van der Waals surface area contributed by atoms with Crippen molar-refractivity contribution >= 4 is 29.9 Å². The third-order valence-corrected chi connectivity index (χ3v) is 5.24. The molecule has 0 aliphatic carbocycles. The summed E-state index contributed by atoms with van der Waals surface area (Å²) in [5.41, 5.74) is 3.46. The Morgan fingerprint density at radius 1 is 1.20 bits per heavy atom. The van der Waals surface area contributed by atoms with Crippen LogP contribution in [0.1, 0.15) is 23.5 Å². The van der Waals surface area contributed by atoms with Crippen LogP contribution >= 0.6 is 24.0 Å². The number of aromatic nitrogens is 2. The molecule has 0 fully saturated rings. The summed E-state index contributed by atoms with van der Waals surface area (Å²) in [6.45, 7) is 2.33. The first kappa shape index (κ1) is 22.1. The van der Waals surface area contributed by atoms with E-state index in [1.54, 1.807) is 0 Å². The molecule has 4 rings (SSSR count). The fraction of sp³-hybridized carbons (Fsp3) is 0.304. The van der Waals surface area contributed by atoms with Crippen LogP contribution in [0.4, 0.5) is 0 Å². The maximum atomic E-state index is 5.77. The number of ether oxygens (including phenoxy) is 1. The molecule has 7 heteroatoms. The number of halogens is 1. The number of nitrogens with zero attached hydrogens (tertiary/aromatic N) is 4. The number of benzene rings is 2. The molecule has 2 heterocycles. The lowest BCUT2D eigenvalue weighted by molar-refractivity contribution is 0.266. The Balaban J connectivity index is 0.00000256. The molecule has 1 aromatic heterocycles. The summed E-state index contributed by atoms with van der Waals surface area (Å²) in [7, 11) is 3.87. The average molecular weight is 517 g/mol. The van der Waals surface area contributed by atoms with E-state index in [2.05, 4.69) is 38.6 Å². The highest BCUT2D eigenvalue weighted by atomic mass is 127. The highest BCUT2D eigenvalue weighted by Crippen LogP contribution is 2.32. The third-order valence-electron chi connectivity index (χ3n) is 5.24. The van der Waals surface area contributed by atoms with Gasteiger partial charge in [0, 0.05) is 44.9 Å². The first-order chi connectivity index (χ1) is 14.2. The lowest BCUT2D eigenvalue weighted by Crippen LogP contribution is -2.40. The third kappa shape index (κ3) is 5.13. The first-order valence-corrected chi connectivity index (χ1v) is 9.97. The largest absolute Gasteiger partial charge is 0.493 e. The van der Waals surface area contributed by atoms with E-state index in [0.717, 1.165) is 49.1 Å². The van der Waals surface area contributed by atoms with E-state index in [0.29, 0.717) is 5.92 Å². The van der Waals surface area contributed by atoms with Crippen molar-refractivity contribution < 1.29 is 4.74 Å². The first-order valence-electron chi connectivity index (χ1n) is 9.97. The molecule has 0 spiro atoms. The predicted molar refractivity (Wildman–Crippen MR) is 131 cm³/mol. The van der Waals surface area contributed by atoms with E-state index < -0.39 is 0 Å². The molecule has 6 nitrogen and oxygen atoms in total. The van der Waals surface area contributed by atoms with Gasteiger partial charge in [-0.15, -0.1) is 24.0 Å². The van der Waals surface area contributed by atoms with E-state index in [4.69, 9.17) is 4.74 Å². The molecule has 1 aliphatic rings. The van der Waals surface area contributed by atoms with Crippen LogP contribution in [0.15, 0.2) is 72.0 Å². The van der Waals surface area contributed by atoms with Crippen LogP contribution in [0.5, 0.6) is 5.75 Å². The smallest absolute Gasteiger partial charge is 0.193 e. The molecule has 0 amide bonds. The SMILES string of the molecule is CN=C(NCC1CCOc2ccccc21)N(C)Cc1cnn(-c2ccccc2)c1.I.